The van der Waals surface area contributed by atoms with Crippen molar-refractivity contribution in [3.8, 4) is 0 Å². The van der Waals surface area contributed by atoms with Crippen LogP contribution in [0.5, 0.6) is 0 Å². The molecule has 3 heterocycles. The van der Waals surface area contributed by atoms with Gasteiger partial charge >= 0.3 is 0 Å². The summed E-state index contributed by atoms with van der Waals surface area (Å²) in [4.78, 5) is 2.71. The van der Waals surface area contributed by atoms with Gasteiger partial charge in [0.25, 0.3) is 0 Å². The quantitative estimate of drug-likeness (QED) is 0.621. The molecule has 0 saturated carbocycles. The van der Waals surface area contributed by atoms with E-state index in [2.05, 4.69) is 10.1 Å². The lowest BCUT2D eigenvalue weighted by Crippen LogP contribution is -2.32. The molecule has 0 aromatic carbocycles. The van der Waals surface area contributed by atoms with Crippen LogP contribution in [-0.4, -0.2) is 28.7 Å². The molecular weight excluding hydrogens is 176 g/mol. The topological polar surface area (TPSA) is 29.3 Å². The van der Waals surface area contributed by atoms with Gasteiger partial charge in [-0.25, -0.2) is 0 Å². The van der Waals surface area contributed by atoms with Gasteiger partial charge in [0.15, 0.2) is 0 Å². The fraction of sp³-hybridized carbons (Fsp3) is 0.727. The molecule has 14 heavy (non-hydrogen) atoms. The average molecular weight is 190 g/mol. The number of aromatic nitrogens is 1. The molecule has 1 aliphatic carbocycles. The van der Waals surface area contributed by atoms with Gasteiger partial charge in [-0.1, -0.05) is 5.16 Å². The van der Waals surface area contributed by atoms with E-state index in [0.29, 0.717) is 5.92 Å². The molecule has 3 aliphatic rings. The summed E-state index contributed by atoms with van der Waals surface area (Å²) < 4.78 is 5.05. The van der Waals surface area contributed by atoms with E-state index in [-0.39, 0.29) is 0 Å². The summed E-state index contributed by atoms with van der Waals surface area (Å²) in [5.74, 6) is 0.689. The molecule has 0 amide bonds. The molecule has 1 aromatic rings. The minimum absolute atomic E-state index is 0.689. The Balaban J connectivity index is 1.75. The maximum Gasteiger partial charge on any atom is 0.127 e. The zero-order valence-corrected chi connectivity index (χ0v) is 8.15. The summed E-state index contributed by atoms with van der Waals surface area (Å²) in [5.41, 5.74) is 2.63. The molecule has 4 rings (SSSR count). The highest BCUT2D eigenvalue weighted by Gasteiger charge is 2.49. The Morgan fingerprint density at radius 2 is 2.50 bits per heavy atom. The van der Waals surface area contributed by atoms with Crippen molar-refractivity contribution >= 4 is 0 Å². The summed E-state index contributed by atoms with van der Waals surface area (Å²) in [6.45, 7) is 1.31. The van der Waals surface area contributed by atoms with Gasteiger partial charge in [0, 0.05) is 23.6 Å². The third-order valence-electron chi connectivity index (χ3n) is 4.29. The van der Waals surface area contributed by atoms with Crippen LogP contribution in [0.25, 0.3) is 0 Å². The third kappa shape index (κ3) is 0.753. The Labute approximate surface area is 83.1 Å². The van der Waals surface area contributed by atoms with E-state index in [1.165, 1.54) is 43.5 Å². The van der Waals surface area contributed by atoms with Gasteiger partial charge in [0.05, 0.1) is 5.69 Å². The molecule has 0 N–H and O–H groups in total. The lowest BCUT2D eigenvalue weighted by molar-refractivity contribution is 0.241. The van der Waals surface area contributed by atoms with E-state index >= 15 is 0 Å². The standard InChI is InChI=1S/C11H14N2O/c1-2-8-5-9-10(13(8)3-1)4-7-6-14-12-11(7)9/h6,8-10H,1-5H2. The monoisotopic (exact) mass is 190 g/mol. The van der Waals surface area contributed by atoms with Crippen molar-refractivity contribution < 1.29 is 4.52 Å². The zero-order valence-electron chi connectivity index (χ0n) is 8.15. The third-order valence-corrected chi connectivity index (χ3v) is 4.29. The van der Waals surface area contributed by atoms with Gasteiger partial charge in [-0.2, -0.15) is 0 Å². The van der Waals surface area contributed by atoms with E-state index < -0.39 is 0 Å². The Morgan fingerprint density at radius 3 is 3.50 bits per heavy atom. The van der Waals surface area contributed by atoms with Gasteiger partial charge < -0.3 is 4.52 Å². The first-order valence-electron chi connectivity index (χ1n) is 5.62. The number of rotatable bonds is 0. The van der Waals surface area contributed by atoms with Crippen LogP contribution in [0, 0.1) is 0 Å². The highest BCUT2D eigenvalue weighted by atomic mass is 16.5. The van der Waals surface area contributed by atoms with Crippen molar-refractivity contribution in [2.75, 3.05) is 6.54 Å². The van der Waals surface area contributed by atoms with Crippen LogP contribution in [0.4, 0.5) is 0 Å². The maximum absolute atomic E-state index is 5.05. The van der Waals surface area contributed by atoms with Crippen molar-refractivity contribution in [2.45, 2.75) is 43.7 Å². The van der Waals surface area contributed by atoms with Crippen LogP contribution < -0.4 is 0 Å². The minimum atomic E-state index is 0.689. The van der Waals surface area contributed by atoms with E-state index in [1.54, 1.807) is 0 Å². The zero-order chi connectivity index (χ0) is 9.12. The van der Waals surface area contributed by atoms with Crippen LogP contribution in [0.2, 0.25) is 0 Å². The van der Waals surface area contributed by atoms with Gasteiger partial charge in [0.2, 0.25) is 0 Å². The Bertz CT molecular complexity index is 373. The van der Waals surface area contributed by atoms with Crippen molar-refractivity contribution in [3.63, 3.8) is 0 Å². The SMILES string of the molecule is c1onc2c1CC1C2CC2CCCN21. The van der Waals surface area contributed by atoms with Crippen molar-refractivity contribution in [1.82, 2.24) is 10.1 Å². The average Bonchev–Trinajstić information content (AvgIpc) is 2.80. The van der Waals surface area contributed by atoms with E-state index in [4.69, 9.17) is 4.52 Å². The molecule has 3 unspecified atom stereocenters. The number of hydrogen-bond donors (Lipinski definition) is 0. The van der Waals surface area contributed by atoms with Crippen molar-refractivity contribution in [2.24, 2.45) is 0 Å². The summed E-state index contributed by atoms with van der Waals surface area (Å²) in [7, 11) is 0. The second kappa shape index (κ2) is 2.40. The molecule has 2 saturated heterocycles. The predicted molar refractivity (Wildman–Crippen MR) is 51.1 cm³/mol. The molecule has 74 valence electrons. The van der Waals surface area contributed by atoms with Crippen molar-refractivity contribution in [1.29, 1.82) is 0 Å². The Kier molecular flexibility index (Phi) is 1.28. The van der Waals surface area contributed by atoms with Crippen LogP contribution in [0.15, 0.2) is 10.8 Å². The van der Waals surface area contributed by atoms with E-state index in [9.17, 15) is 0 Å². The first-order valence-corrected chi connectivity index (χ1v) is 5.62. The van der Waals surface area contributed by atoms with Crippen LogP contribution in [0.1, 0.15) is 36.4 Å². The molecule has 3 atom stereocenters. The highest BCUT2D eigenvalue weighted by molar-refractivity contribution is 5.32. The molecule has 2 aliphatic heterocycles. The number of fused-ring (bicyclic) bond motifs is 5. The van der Waals surface area contributed by atoms with Crippen LogP contribution in [0.3, 0.4) is 0 Å². The first-order chi connectivity index (χ1) is 6.93. The largest absolute Gasteiger partial charge is 0.364 e. The van der Waals surface area contributed by atoms with E-state index in [0.717, 1.165) is 12.1 Å². The second-order valence-electron chi connectivity index (χ2n) is 4.87. The summed E-state index contributed by atoms with van der Waals surface area (Å²) >= 11 is 0. The second-order valence-corrected chi connectivity index (χ2v) is 4.87. The lowest BCUT2D eigenvalue weighted by atomic mass is 9.99. The minimum Gasteiger partial charge on any atom is -0.364 e. The number of hydrogen-bond acceptors (Lipinski definition) is 3. The summed E-state index contributed by atoms with van der Waals surface area (Å²) in [5, 5.41) is 4.17. The lowest BCUT2D eigenvalue weighted by Gasteiger charge is -2.22. The maximum atomic E-state index is 5.05. The molecule has 0 radical (unpaired) electrons. The smallest absolute Gasteiger partial charge is 0.127 e. The Hall–Kier alpha value is -0.830. The normalized spacial score (nSPS) is 39.9. The van der Waals surface area contributed by atoms with Gasteiger partial charge in [0.1, 0.15) is 6.26 Å². The summed E-state index contributed by atoms with van der Waals surface area (Å²) in [6, 6.07) is 1.62. The predicted octanol–water partition coefficient (Wildman–Crippen LogP) is 1.55. The van der Waals surface area contributed by atoms with Gasteiger partial charge in [-0.15, -0.1) is 0 Å². The van der Waals surface area contributed by atoms with Gasteiger partial charge in [-0.05, 0) is 32.2 Å². The molecular formula is C11H14N2O. The Morgan fingerprint density at radius 1 is 1.50 bits per heavy atom. The fourth-order valence-electron chi connectivity index (χ4n) is 3.73. The first kappa shape index (κ1) is 7.46. The van der Waals surface area contributed by atoms with Crippen LogP contribution in [-0.2, 0) is 6.42 Å². The molecule has 3 nitrogen and oxygen atoms in total. The molecule has 2 fully saturated rings. The fourth-order valence-corrected chi connectivity index (χ4v) is 3.73. The molecule has 0 spiro atoms. The summed E-state index contributed by atoms with van der Waals surface area (Å²) in [6.07, 6.45) is 7.15. The van der Waals surface area contributed by atoms with Gasteiger partial charge in [-0.3, -0.25) is 4.90 Å². The highest BCUT2D eigenvalue weighted by Crippen LogP contribution is 2.47. The molecule has 0 bridgehead atoms. The number of nitrogens with zero attached hydrogens (tertiary/aromatic N) is 2. The van der Waals surface area contributed by atoms with Crippen molar-refractivity contribution in [3.05, 3.63) is 17.5 Å². The molecule has 1 aromatic heterocycles. The van der Waals surface area contributed by atoms with Crippen LogP contribution >= 0.6 is 0 Å². The van der Waals surface area contributed by atoms with E-state index in [1.807, 2.05) is 6.26 Å². The molecule has 3 heteroatoms.